The van der Waals surface area contributed by atoms with Crippen LogP contribution in [0.1, 0.15) is 31.2 Å². The van der Waals surface area contributed by atoms with E-state index < -0.39 is 21.0 Å². The van der Waals surface area contributed by atoms with Gasteiger partial charge in [0.25, 0.3) is 0 Å². The molecule has 7 heteroatoms. The largest absolute Gasteiger partial charge is 0.242 e. The van der Waals surface area contributed by atoms with E-state index in [0.717, 1.165) is 12.0 Å². The maximum Gasteiger partial charge on any atom is 0.242 e. The van der Waals surface area contributed by atoms with Crippen molar-refractivity contribution in [1.29, 1.82) is 0 Å². The number of nitrogens with one attached hydrogen (secondary N) is 1. The van der Waals surface area contributed by atoms with Crippen molar-refractivity contribution in [2.75, 3.05) is 14.1 Å². The number of sulfonamides is 1. The van der Waals surface area contributed by atoms with E-state index in [2.05, 4.69) is 4.72 Å². The lowest BCUT2D eigenvalue weighted by Gasteiger charge is -2.30. The Morgan fingerprint density at radius 3 is 2.55 bits per heavy atom. The van der Waals surface area contributed by atoms with Crippen molar-refractivity contribution in [3.63, 3.8) is 0 Å². The van der Waals surface area contributed by atoms with Gasteiger partial charge in [-0.05, 0) is 42.9 Å². The molecule has 1 saturated carbocycles. The number of hydrogen-bond donors (Lipinski definition) is 1. The van der Waals surface area contributed by atoms with Crippen molar-refractivity contribution in [1.82, 2.24) is 9.03 Å². The molecule has 2 aliphatic rings. The molecule has 2 atom stereocenters. The second kappa shape index (κ2) is 6.03. The lowest BCUT2D eigenvalue weighted by Crippen LogP contribution is -2.42. The summed E-state index contributed by atoms with van der Waals surface area (Å²) in [4.78, 5) is 0.808. The highest BCUT2D eigenvalue weighted by atomic mass is 32.2. The highest BCUT2D eigenvalue weighted by Gasteiger charge is 2.32. The minimum absolute atomic E-state index is 0.200. The summed E-state index contributed by atoms with van der Waals surface area (Å²) in [6, 6.07) is 5.25. The summed E-state index contributed by atoms with van der Waals surface area (Å²) in [6.07, 6.45) is 5.72. The predicted octanol–water partition coefficient (Wildman–Crippen LogP) is 1.66. The number of rotatable bonds is 3. The predicted molar refractivity (Wildman–Crippen MR) is 86.3 cm³/mol. The SMILES string of the molecule is CN(C)S(=O)(=O)c1ccc2c(c1)S(=O)NC(C1CCCC1)C2. The van der Waals surface area contributed by atoms with Crippen LogP contribution in [-0.2, 0) is 27.4 Å². The standard InChI is InChI=1S/C15H22N2O3S2/c1-17(2)22(19,20)13-8-7-12-9-14(11-5-3-4-6-11)16-21(18)15(12)10-13/h7-8,10-11,14,16H,3-6,9H2,1-2H3. The lowest BCUT2D eigenvalue weighted by molar-refractivity contribution is 0.396. The van der Waals surface area contributed by atoms with Crippen molar-refractivity contribution < 1.29 is 12.6 Å². The molecular weight excluding hydrogens is 320 g/mol. The van der Waals surface area contributed by atoms with Crippen LogP contribution in [0.5, 0.6) is 0 Å². The molecule has 1 aromatic carbocycles. The van der Waals surface area contributed by atoms with Crippen molar-refractivity contribution in [2.24, 2.45) is 5.92 Å². The van der Waals surface area contributed by atoms with Gasteiger partial charge in [-0.1, -0.05) is 18.9 Å². The highest BCUT2D eigenvalue weighted by molar-refractivity contribution is 7.89. The van der Waals surface area contributed by atoms with E-state index in [9.17, 15) is 12.6 Å². The average molecular weight is 342 g/mol. The van der Waals surface area contributed by atoms with E-state index in [1.54, 1.807) is 12.1 Å². The molecule has 1 fully saturated rings. The topological polar surface area (TPSA) is 66.5 Å². The van der Waals surface area contributed by atoms with E-state index in [0.29, 0.717) is 10.8 Å². The van der Waals surface area contributed by atoms with Crippen LogP contribution in [0, 0.1) is 5.92 Å². The molecule has 0 bridgehead atoms. The van der Waals surface area contributed by atoms with Gasteiger partial charge in [0.1, 0.15) is 11.0 Å². The fourth-order valence-corrected chi connectivity index (χ4v) is 5.65. The van der Waals surface area contributed by atoms with Crippen LogP contribution < -0.4 is 4.72 Å². The van der Waals surface area contributed by atoms with Crippen molar-refractivity contribution in [2.45, 2.75) is 47.9 Å². The van der Waals surface area contributed by atoms with E-state index in [1.165, 1.54) is 44.1 Å². The molecule has 5 nitrogen and oxygen atoms in total. The summed E-state index contributed by atoms with van der Waals surface area (Å²) in [5.74, 6) is 0.585. The third kappa shape index (κ3) is 2.87. The van der Waals surface area contributed by atoms with Gasteiger partial charge in [0.15, 0.2) is 0 Å². The van der Waals surface area contributed by atoms with E-state index >= 15 is 0 Å². The van der Waals surface area contributed by atoms with Gasteiger partial charge in [-0.15, -0.1) is 0 Å². The maximum absolute atomic E-state index is 12.5. The average Bonchev–Trinajstić information content (AvgIpc) is 3.00. The molecule has 122 valence electrons. The zero-order valence-corrected chi connectivity index (χ0v) is 14.5. The molecule has 2 unspecified atom stereocenters. The molecule has 1 N–H and O–H groups in total. The third-order valence-corrected chi connectivity index (χ3v) is 7.79. The van der Waals surface area contributed by atoms with Gasteiger partial charge in [0.2, 0.25) is 10.0 Å². The Balaban J connectivity index is 1.91. The first-order chi connectivity index (χ1) is 10.4. The van der Waals surface area contributed by atoms with Gasteiger partial charge >= 0.3 is 0 Å². The van der Waals surface area contributed by atoms with Crippen LogP contribution in [0.2, 0.25) is 0 Å². The summed E-state index contributed by atoms with van der Waals surface area (Å²) in [6.45, 7) is 0. The van der Waals surface area contributed by atoms with Crippen LogP contribution in [0.3, 0.4) is 0 Å². The number of benzene rings is 1. The van der Waals surface area contributed by atoms with Gasteiger partial charge in [-0.3, -0.25) is 0 Å². The Kier molecular flexibility index (Phi) is 4.42. The summed E-state index contributed by atoms with van der Waals surface area (Å²) in [7, 11) is -1.82. The first kappa shape index (κ1) is 16.1. The number of hydrogen-bond acceptors (Lipinski definition) is 3. The summed E-state index contributed by atoms with van der Waals surface area (Å²) >= 11 is 0. The van der Waals surface area contributed by atoms with Crippen molar-refractivity contribution in [3.8, 4) is 0 Å². The molecule has 22 heavy (non-hydrogen) atoms. The fourth-order valence-electron chi connectivity index (χ4n) is 3.35. The van der Waals surface area contributed by atoms with E-state index in [-0.39, 0.29) is 10.9 Å². The fraction of sp³-hybridized carbons (Fsp3) is 0.600. The highest BCUT2D eigenvalue weighted by Crippen LogP contribution is 2.33. The van der Waals surface area contributed by atoms with Crippen molar-refractivity contribution in [3.05, 3.63) is 23.8 Å². The molecule has 1 aliphatic carbocycles. The minimum atomic E-state index is -3.49. The van der Waals surface area contributed by atoms with Crippen LogP contribution in [0.4, 0.5) is 0 Å². The molecule has 1 aliphatic heterocycles. The Morgan fingerprint density at radius 1 is 1.23 bits per heavy atom. The Bertz CT molecular complexity index is 695. The second-order valence-electron chi connectivity index (χ2n) is 6.30. The molecule has 0 aromatic heterocycles. The van der Waals surface area contributed by atoms with E-state index in [4.69, 9.17) is 0 Å². The quantitative estimate of drug-likeness (QED) is 0.908. The van der Waals surface area contributed by atoms with Crippen LogP contribution in [0.15, 0.2) is 28.0 Å². The van der Waals surface area contributed by atoms with Crippen molar-refractivity contribution >= 4 is 21.0 Å². The summed E-state index contributed by atoms with van der Waals surface area (Å²) in [5, 5.41) is 0. The normalized spacial score (nSPS) is 26.3. The molecule has 0 saturated heterocycles. The second-order valence-corrected chi connectivity index (χ2v) is 9.66. The van der Waals surface area contributed by atoms with Crippen LogP contribution in [0.25, 0.3) is 0 Å². The molecule has 1 heterocycles. The Morgan fingerprint density at radius 2 is 1.91 bits per heavy atom. The minimum Gasteiger partial charge on any atom is -0.237 e. The number of fused-ring (bicyclic) bond motifs is 1. The zero-order valence-electron chi connectivity index (χ0n) is 12.9. The van der Waals surface area contributed by atoms with Crippen LogP contribution >= 0.6 is 0 Å². The lowest BCUT2D eigenvalue weighted by atomic mass is 9.93. The van der Waals surface area contributed by atoms with E-state index in [1.807, 2.05) is 6.07 Å². The van der Waals surface area contributed by atoms with Gasteiger partial charge < -0.3 is 0 Å². The molecule has 0 amide bonds. The molecule has 3 rings (SSSR count). The molecule has 0 spiro atoms. The van der Waals surface area contributed by atoms with Crippen LogP contribution in [-0.4, -0.2) is 37.1 Å². The monoisotopic (exact) mass is 342 g/mol. The molecule has 1 aromatic rings. The first-order valence-corrected chi connectivity index (χ1v) is 10.2. The first-order valence-electron chi connectivity index (χ1n) is 7.63. The van der Waals surface area contributed by atoms with Gasteiger partial charge in [-0.2, -0.15) is 0 Å². The summed E-state index contributed by atoms with van der Waals surface area (Å²) in [5.41, 5.74) is 1.01. The smallest absolute Gasteiger partial charge is 0.237 e. The molecular formula is C15H22N2O3S2. The molecule has 0 radical (unpaired) electrons. The number of nitrogens with zero attached hydrogens (tertiary/aromatic N) is 1. The Hall–Kier alpha value is -0.760. The van der Waals surface area contributed by atoms with Gasteiger partial charge in [0, 0.05) is 20.1 Å². The third-order valence-electron chi connectivity index (χ3n) is 4.68. The summed E-state index contributed by atoms with van der Waals surface area (Å²) < 4.78 is 41.3. The zero-order chi connectivity index (χ0) is 15.9. The Labute approximate surface area is 134 Å². The van der Waals surface area contributed by atoms with Gasteiger partial charge in [0.05, 0.1) is 9.79 Å². The van der Waals surface area contributed by atoms with Gasteiger partial charge in [-0.25, -0.2) is 21.7 Å². The maximum atomic E-state index is 12.5.